The Morgan fingerprint density at radius 3 is 2.52 bits per heavy atom. The third kappa shape index (κ3) is 6.11. The highest BCUT2D eigenvalue weighted by Crippen LogP contribution is 2.35. The minimum Gasteiger partial charge on any atom is -0.491 e. The number of aryl methyl sites for hydroxylation is 1. The summed E-state index contributed by atoms with van der Waals surface area (Å²) in [5.74, 6) is 0.951. The van der Waals surface area contributed by atoms with E-state index in [0.29, 0.717) is 22.8 Å². The molecule has 2 aromatic rings. The fourth-order valence-electron chi connectivity index (χ4n) is 3.01. The highest BCUT2D eigenvalue weighted by molar-refractivity contribution is 5.97. The Bertz CT molecular complexity index is 913. The van der Waals surface area contributed by atoms with E-state index in [1.165, 1.54) is 0 Å². The summed E-state index contributed by atoms with van der Waals surface area (Å²) < 4.78 is 16.1. The maximum atomic E-state index is 12.6. The molecule has 0 bridgehead atoms. The van der Waals surface area contributed by atoms with Crippen LogP contribution in [-0.2, 0) is 4.79 Å². The molecule has 166 valence electrons. The van der Waals surface area contributed by atoms with Crippen molar-refractivity contribution in [2.24, 2.45) is 5.92 Å². The Balaban J connectivity index is 1.47. The molecular weight excluding hydrogens is 400 g/mol. The Labute approximate surface area is 181 Å². The first-order valence-electron chi connectivity index (χ1n) is 10.2. The predicted molar refractivity (Wildman–Crippen MR) is 114 cm³/mol. The van der Waals surface area contributed by atoms with Gasteiger partial charge in [0.25, 0.3) is 5.91 Å². The van der Waals surface area contributed by atoms with E-state index in [2.05, 4.69) is 10.6 Å². The van der Waals surface area contributed by atoms with E-state index in [4.69, 9.17) is 14.2 Å². The Morgan fingerprint density at radius 2 is 1.81 bits per heavy atom. The van der Waals surface area contributed by atoms with E-state index in [9.17, 15) is 14.7 Å². The number of rotatable bonds is 9. The highest BCUT2D eigenvalue weighted by Gasteiger charge is 2.25. The quantitative estimate of drug-likeness (QED) is 0.564. The lowest BCUT2D eigenvalue weighted by molar-refractivity contribution is -0.124. The summed E-state index contributed by atoms with van der Waals surface area (Å²) in [5, 5.41) is 15.6. The minimum absolute atomic E-state index is 0.00694. The van der Waals surface area contributed by atoms with Gasteiger partial charge in [-0.25, -0.2) is 0 Å². The lowest BCUT2D eigenvalue weighted by Gasteiger charge is -2.22. The smallest absolute Gasteiger partial charge is 0.251 e. The lowest BCUT2D eigenvalue weighted by Crippen LogP contribution is -2.51. The zero-order valence-electron chi connectivity index (χ0n) is 17.9. The number of carbonyl (C=O) groups excluding carboxylic acids is 2. The van der Waals surface area contributed by atoms with Crippen LogP contribution in [0.4, 0.5) is 0 Å². The van der Waals surface area contributed by atoms with Crippen LogP contribution in [0, 0.1) is 12.8 Å². The first-order chi connectivity index (χ1) is 14.8. The van der Waals surface area contributed by atoms with Gasteiger partial charge in [-0.3, -0.25) is 9.59 Å². The van der Waals surface area contributed by atoms with Crippen LogP contribution in [0.1, 0.15) is 29.8 Å². The van der Waals surface area contributed by atoms with Crippen molar-refractivity contribution < 1.29 is 28.9 Å². The molecule has 0 aliphatic carbocycles. The van der Waals surface area contributed by atoms with Crippen LogP contribution in [0.15, 0.2) is 42.5 Å². The number of amides is 2. The van der Waals surface area contributed by atoms with E-state index >= 15 is 0 Å². The molecule has 0 radical (unpaired) electrons. The molecule has 1 aliphatic heterocycles. The molecule has 0 saturated heterocycles. The third-order valence-corrected chi connectivity index (χ3v) is 4.85. The molecule has 1 aliphatic rings. The molecule has 2 aromatic carbocycles. The van der Waals surface area contributed by atoms with Gasteiger partial charge >= 0.3 is 0 Å². The SMILES string of the molecule is Cc1ccc(C(=O)NC(C(=O)NCC(O)COc2ccc3c(c2)OCO3)C(C)C)cc1. The van der Waals surface area contributed by atoms with Gasteiger partial charge in [0, 0.05) is 18.2 Å². The van der Waals surface area contributed by atoms with Crippen molar-refractivity contribution >= 4 is 11.8 Å². The topological polar surface area (TPSA) is 106 Å². The van der Waals surface area contributed by atoms with Crippen LogP contribution >= 0.6 is 0 Å². The molecule has 8 nitrogen and oxygen atoms in total. The normalized spacial score (nSPS) is 14.1. The number of carbonyl (C=O) groups is 2. The largest absolute Gasteiger partial charge is 0.491 e. The van der Waals surface area contributed by atoms with Gasteiger partial charge in [-0.05, 0) is 37.1 Å². The molecule has 0 aromatic heterocycles. The maximum absolute atomic E-state index is 12.6. The van der Waals surface area contributed by atoms with Gasteiger partial charge in [-0.1, -0.05) is 31.5 Å². The predicted octanol–water partition coefficient (Wildman–Crippen LogP) is 2.03. The average Bonchev–Trinajstić information content (AvgIpc) is 3.22. The summed E-state index contributed by atoms with van der Waals surface area (Å²) in [6.07, 6.45) is -0.921. The molecular formula is C23H28N2O6. The van der Waals surface area contributed by atoms with Gasteiger partial charge in [0.2, 0.25) is 12.7 Å². The zero-order valence-corrected chi connectivity index (χ0v) is 17.9. The lowest BCUT2D eigenvalue weighted by atomic mass is 10.0. The van der Waals surface area contributed by atoms with Gasteiger partial charge in [-0.2, -0.15) is 0 Å². The molecule has 8 heteroatoms. The Kier molecular flexibility index (Phi) is 7.36. The fraction of sp³-hybridized carbons (Fsp3) is 0.391. The van der Waals surface area contributed by atoms with Gasteiger partial charge < -0.3 is 30.0 Å². The van der Waals surface area contributed by atoms with Crippen LogP contribution in [-0.4, -0.2) is 49.0 Å². The van der Waals surface area contributed by atoms with Gasteiger partial charge in [0.1, 0.15) is 24.5 Å². The van der Waals surface area contributed by atoms with Crippen LogP contribution in [0.25, 0.3) is 0 Å². The summed E-state index contributed by atoms with van der Waals surface area (Å²) in [6, 6.07) is 11.5. The summed E-state index contributed by atoms with van der Waals surface area (Å²) >= 11 is 0. The van der Waals surface area contributed by atoms with Crippen molar-refractivity contribution in [2.45, 2.75) is 32.9 Å². The third-order valence-electron chi connectivity index (χ3n) is 4.85. The Morgan fingerprint density at radius 1 is 1.10 bits per heavy atom. The molecule has 0 saturated carbocycles. The number of aliphatic hydroxyl groups is 1. The monoisotopic (exact) mass is 428 g/mol. The number of nitrogens with one attached hydrogen (secondary N) is 2. The number of aliphatic hydroxyl groups excluding tert-OH is 1. The van der Waals surface area contributed by atoms with E-state index < -0.39 is 12.1 Å². The zero-order chi connectivity index (χ0) is 22.4. The summed E-state index contributed by atoms with van der Waals surface area (Å²) in [6.45, 7) is 5.78. The molecule has 2 unspecified atom stereocenters. The number of benzene rings is 2. The van der Waals surface area contributed by atoms with E-state index in [0.717, 1.165) is 5.56 Å². The van der Waals surface area contributed by atoms with Crippen LogP contribution in [0.2, 0.25) is 0 Å². The van der Waals surface area contributed by atoms with Gasteiger partial charge in [-0.15, -0.1) is 0 Å². The summed E-state index contributed by atoms with van der Waals surface area (Å²) in [5.41, 5.74) is 1.54. The molecule has 3 N–H and O–H groups in total. The van der Waals surface area contributed by atoms with Crippen LogP contribution in [0.3, 0.4) is 0 Å². The first-order valence-corrected chi connectivity index (χ1v) is 10.2. The van der Waals surface area contributed by atoms with Crippen LogP contribution < -0.4 is 24.8 Å². The van der Waals surface area contributed by atoms with Crippen molar-refractivity contribution in [2.75, 3.05) is 19.9 Å². The van der Waals surface area contributed by atoms with Crippen LogP contribution in [0.5, 0.6) is 17.2 Å². The van der Waals surface area contributed by atoms with Crippen molar-refractivity contribution in [3.05, 3.63) is 53.6 Å². The van der Waals surface area contributed by atoms with Crippen molar-refractivity contribution in [3.63, 3.8) is 0 Å². The first kappa shape index (κ1) is 22.4. The fourth-order valence-corrected chi connectivity index (χ4v) is 3.01. The van der Waals surface area contributed by atoms with E-state index in [1.54, 1.807) is 30.3 Å². The highest BCUT2D eigenvalue weighted by atomic mass is 16.7. The number of hydrogen-bond donors (Lipinski definition) is 3. The maximum Gasteiger partial charge on any atom is 0.251 e. The minimum atomic E-state index is -0.921. The number of hydrogen-bond acceptors (Lipinski definition) is 6. The summed E-state index contributed by atoms with van der Waals surface area (Å²) in [7, 11) is 0. The number of ether oxygens (including phenoxy) is 3. The van der Waals surface area contributed by atoms with E-state index in [1.807, 2.05) is 32.9 Å². The Hall–Kier alpha value is -3.26. The molecule has 0 spiro atoms. The van der Waals surface area contributed by atoms with Crippen molar-refractivity contribution in [1.29, 1.82) is 0 Å². The average molecular weight is 428 g/mol. The molecule has 2 atom stereocenters. The van der Waals surface area contributed by atoms with Gasteiger partial charge in [0.05, 0.1) is 0 Å². The molecule has 31 heavy (non-hydrogen) atoms. The summed E-state index contributed by atoms with van der Waals surface area (Å²) in [4.78, 5) is 25.1. The van der Waals surface area contributed by atoms with Gasteiger partial charge in [0.15, 0.2) is 11.5 Å². The van der Waals surface area contributed by atoms with E-state index in [-0.39, 0.29) is 37.7 Å². The molecule has 0 fully saturated rings. The molecule has 2 amide bonds. The molecule has 3 rings (SSSR count). The molecule has 1 heterocycles. The standard InChI is InChI=1S/C23H28N2O6/c1-14(2)21(25-22(27)16-6-4-15(3)5-7-16)23(28)24-11-17(26)12-29-18-8-9-19-20(10-18)31-13-30-19/h4-10,14,17,21,26H,11-13H2,1-3H3,(H,24,28)(H,25,27). The van der Waals surface area contributed by atoms with Crippen molar-refractivity contribution in [3.8, 4) is 17.2 Å². The second-order valence-electron chi connectivity index (χ2n) is 7.79. The second kappa shape index (κ2) is 10.2. The second-order valence-corrected chi connectivity index (χ2v) is 7.79. The number of fused-ring (bicyclic) bond motifs is 1. The van der Waals surface area contributed by atoms with Crippen molar-refractivity contribution in [1.82, 2.24) is 10.6 Å².